The number of aliphatic carboxylic acids is 1. The van der Waals surface area contributed by atoms with E-state index in [2.05, 4.69) is 0 Å². The quantitative estimate of drug-likeness (QED) is 0.136. The summed E-state index contributed by atoms with van der Waals surface area (Å²) in [6.07, 6.45) is 2.15. The first-order valence-electron chi connectivity index (χ1n) is 18.1. The van der Waals surface area contributed by atoms with Gasteiger partial charge in [0.25, 0.3) is 0 Å². The second-order valence-electron chi connectivity index (χ2n) is 14.4. The maximum Gasteiger partial charge on any atom is 0.303 e. The van der Waals surface area contributed by atoms with Crippen LogP contribution in [0.4, 0.5) is 5.69 Å². The van der Waals surface area contributed by atoms with Crippen molar-refractivity contribution in [3.63, 3.8) is 0 Å². The molecule has 4 aromatic carbocycles. The monoisotopic (exact) mass is 744 g/mol. The van der Waals surface area contributed by atoms with Crippen molar-refractivity contribution in [2.45, 2.75) is 43.6 Å². The predicted octanol–water partition coefficient (Wildman–Crippen LogP) is 6.65. The number of rotatable bonds is 10. The average Bonchev–Trinajstić information content (AvgIpc) is 3.55. The Morgan fingerprint density at radius 1 is 0.852 bits per heavy atom. The van der Waals surface area contributed by atoms with Crippen LogP contribution in [-0.2, 0) is 36.0 Å². The molecule has 6 atom stereocenters. The highest BCUT2D eigenvalue weighted by atomic mass is 35.5. The molecule has 10 nitrogen and oxygen atoms in total. The Labute approximate surface area is 316 Å². The number of ether oxygens (including phenoxy) is 1. The zero-order chi connectivity index (χ0) is 37.7. The summed E-state index contributed by atoms with van der Waals surface area (Å²) >= 11 is 6.40. The van der Waals surface area contributed by atoms with Gasteiger partial charge in [0.1, 0.15) is 18.1 Å². The first kappa shape index (κ1) is 35.3. The lowest BCUT2D eigenvalue weighted by Gasteiger charge is -2.50. The molecule has 0 unspecified atom stereocenters. The number of anilines is 1. The molecular formula is C43H37ClN2O8. The van der Waals surface area contributed by atoms with E-state index in [0.29, 0.717) is 33.2 Å². The zero-order valence-electron chi connectivity index (χ0n) is 29.1. The Kier molecular flexibility index (Phi) is 9.09. The minimum Gasteiger partial charge on any atom is -0.508 e. The van der Waals surface area contributed by atoms with Crippen LogP contribution in [0.5, 0.6) is 11.5 Å². The van der Waals surface area contributed by atoms with Gasteiger partial charge in [-0.2, -0.15) is 0 Å². The molecular weight excluding hydrogens is 708 g/mol. The van der Waals surface area contributed by atoms with Crippen molar-refractivity contribution >= 4 is 46.9 Å². The van der Waals surface area contributed by atoms with Crippen LogP contribution in [0.15, 0.2) is 115 Å². The number of fused-ring (bicyclic) bond motifs is 4. The van der Waals surface area contributed by atoms with Crippen LogP contribution in [0.3, 0.4) is 0 Å². The van der Waals surface area contributed by atoms with E-state index in [-0.39, 0.29) is 50.5 Å². The number of nitrogens with zero attached hydrogens (tertiary/aromatic N) is 2. The third kappa shape index (κ3) is 5.67. The first-order valence-corrected chi connectivity index (χ1v) is 18.4. The van der Waals surface area contributed by atoms with Gasteiger partial charge in [-0.25, -0.2) is 4.90 Å². The Hall–Kier alpha value is -5.74. The van der Waals surface area contributed by atoms with Crippen LogP contribution in [-0.4, -0.2) is 51.3 Å². The number of carbonyl (C=O) groups excluding carboxylic acids is 4. The van der Waals surface area contributed by atoms with Crippen LogP contribution in [0.2, 0.25) is 5.02 Å². The lowest BCUT2D eigenvalue weighted by Crippen LogP contribution is -2.53. The number of likely N-dealkylation sites (tertiary alicyclic amines) is 1. The number of carboxylic acid groups (broad SMARTS) is 1. The van der Waals surface area contributed by atoms with Crippen molar-refractivity contribution in [2.24, 2.45) is 23.7 Å². The largest absolute Gasteiger partial charge is 0.508 e. The lowest BCUT2D eigenvalue weighted by molar-refractivity contribution is -0.142. The molecule has 3 fully saturated rings. The van der Waals surface area contributed by atoms with E-state index in [4.69, 9.17) is 16.3 Å². The molecule has 4 aliphatic rings. The highest BCUT2D eigenvalue weighted by molar-refractivity contribution is 6.32. The SMILES string of the molecule is O=C(O)CCCN1C(=O)[C@H]2[C@H](CC=C3[C@H]2C[C@H]2C(=O)N(c4cccc(Cl)c4)C(=O)[C@@]2(c2ccccc2)[C@H]3c2ccc(OCc3ccccc3)cc2O)C1=O. The molecule has 0 bridgehead atoms. The van der Waals surface area contributed by atoms with Crippen molar-refractivity contribution < 1.29 is 38.9 Å². The van der Waals surface area contributed by atoms with Crippen molar-refractivity contribution in [3.8, 4) is 11.5 Å². The molecule has 11 heteroatoms. The number of phenols is 1. The van der Waals surface area contributed by atoms with Crippen molar-refractivity contribution in [1.29, 1.82) is 0 Å². The van der Waals surface area contributed by atoms with Crippen LogP contribution in [0, 0.1) is 23.7 Å². The fourth-order valence-corrected chi connectivity index (χ4v) is 9.55. The van der Waals surface area contributed by atoms with E-state index < -0.39 is 58.7 Å². The third-order valence-electron chi connectivity index (χ3n) is 11.6. The summed E-state index contributed by atoms with van der Waals surface area (Å²) in [5, 5.41) is 21.5. The van der Waals surface area contributed by atoms with Gasteiger partial charge in [0.05, 0.1) is 28.9 Å². The lowest BCUT2D eigenvalue weighted by atomic mass is 9.49. The van der Waals surface area contributed by atoms with Gasteiger partial charge in [-0.1, -0.05) is 96.0 Å². The molecule has 2 heterocycles. The van der Waals surface area contributed by atoms with Crippen LogP contribution < -0.4 is 9.64 Å². The summed E-state index contributed by atoms with van der Waals surface area (Å²) in [5.74, 6) is -6.53. The average molecular weight is 745 g/mol. The van der Waals surface area contributed by atoms with Gasteiger partial charge in [-0.05, 0) is 60.6 Å². The van der Waals surface area contributed by atoms with Gasteiger partial charge in [0.2, 0.25) is 23.6 Å². The van der Waals surface area contributed by atoms with E-state index in [9.17, 15) is 29.4 Å². The smallest absolute Gasteiger partial charge is 0.303 e. The number of aromatic hydroxyl groups is 1. The fraction of sp³-hybridized carbons (Fsp3) is 0.279. The third-order valence-corrected chi connectivity index (χ3v) is 11.8. The van der Waals surface area contributed by atoms with E-state index in [1.165, 1.54) is 15.9 Å². The number of amides is 4. The molecule has 274 valence electrons. The highest BCUT2D eigenvalue weighted by Crippen LogP contribution is 2.65. The zero-order valence-corrected chi connectivity index (χ0v) is 29.9. The summed E-state index contributed by atoms with van der Waals surface area (Å²) in [6, 6.07) is 30.2. The van der Waals surface area contributed by atoms with Crippen molar-refractivity contribution in [3.05, 3.63) is 136 Å². The first-order chi connectivity index (χ1) is 26.1. The highest BCUT2D eigenvalue weighted by Gasteiger charge is 2.70. The van der Waals surface area contributed by atoms with E-state index in [1.807, 2.05) is 66.7 Å². The van der Waals surface area contributed by atoms with Gasteiger partial charge in [0.15, 0.2) is 0 Å². The molecule has 4 aromatic rings. The molecule has 0 aromatic heterocycles. The normalized spacial score (nSPS) is 25.9. The molecule has 2 N–H and O–H groups in total. The topological polar surface area (TPSA) is 142 Å². The van der Waals surface area contributed by atoms with Crippen molar-refractivity contribution in [2.75, 3.05) is 11.4 Å². The maximum atomic E-state index is 15.4. The Balaban J connectivity index is 1.28. The maximum absolute atomic E-state index is 15.4. The number of hydrogen-bond donors (Lipinski definition) is 2. The summed E-state index contributed by atoms with van der Waals surface area (Å²) in [7, 11) is 0. The summed E-state index contributed by atoms with van der Waals surface area (Å²) < 4.78 is 6.04. The number of phenolic OH excluding ortho intramolecular Hbond substituents is 1. The molecule has 0 radical (unpaired) electrons. The molecule has 8 rings (SSSR count). The van der Waals surface area contributed by atoms with Crippen LogP contribution in [0.1, 0.15) is 48.3 Å². The summed E-state index contributed by atoms with van der Waals surface area (Å²) in [6.45, 7) is 0.237. The van der Waals surface area contributed by atoms with Crippen LogP contribution in [0.25, 0.3) is 0 Å². The Morgan fingerprint density at radius 2 is 1.59 bits per heavy atom. The summed E-state index contributed by atoms with van der Waals surface area (Å²) in [4.78, 5) is 71.9. The Morgan fingerprint density at radius 3 is 2.30 bits per heavy atom. The number of benzene rings is 4. The van der Waals surface area contributed by atoms with E-state index in [1.54, 1.807) is 36.4 Å². The number of carboxylic acids is 1. The summed E-state index contributed by atoms with van der Waals surface area (Å²) in [5.41, 5.74) is 1.36. The van der Waals surface area contributed by atoms with Gasteiger partial charge >= 0.3 is 5.97 Å². The number of hydrogen-bond acceptors (Lipinski definition) is 7. The molecule has 4 amide bonds. The molecule has 1 saturated carbocycles. The van der Waals surface area contributed by atoms with Gasteiger partial charge < -0.3 is 14.9 Å². The molecule has 2 aliphatic carbocycles. The second kappa shape index (κ2) is 13.9. The molecule has 0 spiro atoms. The van der Waals surface area contributed by atoms with Gasteiger partial charge in [0, 0.05) is 35.5 Å². The number of allylic oxidation sites excluding steroid dienone is 2. The predicted molar refractivity (Wildman–Crippen MR) is 199 cm³/mol. The molecule has 54 heavy (non-hydrogen) atoms. The standard InChI is InChI=1S/C43H37ClN2O8/c44-27-13-7-14-28(21-27)46-40(51)34-23-33-30(18-19-32-37(33)41(52)45(39(32)50)20-8-15-36(48)49)38(43(34,42(46)53)26-11-5-2-6-12-26)31-17-16-29(22-35(31)47)54-24-25-9-3-1-4-10-25/h1-7,9-14,16-18,21-22,32-34,37-38,47H,8,15,19-20,23-24H2,(H,48,49)/t32-,33+,34-,37-,38+,43+/m0/s1. The van der Waals surface area contributed by atoms with Crippen LogP contribution >= 0.6 is 11.6 Å². The second-order valence-corrected chi connectivity index (χ2v) is 14.9. The minimum absolute atomic E-state index is 0.0228. The van der Waals surface area contributed by atoms with E-state index >= 15 is 4.79 Å². The molecule has 2 saturated heterocycles. The number of carbonyl (C=O) groups is 5. The minimum atomic E-state index is -1.55. The molecule has 2 aliphatic heterocycles. The van der Waals surface area contributed by atoms with Gasteiger partial charge in [-0.3, -0.25) is 28.9 Å². The van der Waals surface area contributed by atoms with Gasteiger partial charge in [-0.15, -0.1) is 0 Å². The van der Waals surface area contributed by atoms with Crippen molar-refractivity contribution in [1.82, 2.24) is 4.90 Å². The van der Waals surface area contributed by atoms with E-state index in [0.717, 1.165) is 5.56 Å². The Bertz CT molecular complexity index is 2210. The fourth-order valence-electron chi connectivity index (χ4n) is 9.36. The number of imide groups is 2. The number of halogens is 1.